The first kappa shape index (κ1) is 13.5. The number of nitrogens with one attached hydrogen (secondary N) is 3. The van der Waals surface area contributed by atoms with E-state index >= 15 is 0 Å². The summed E-state index contributed by atoms with van der Waals surface area (Å²) < 4.78 is 0. The van der Waals surface area contributed by atoms with Gasteiger partial charge < -0.3 is 20.8 Å². The van der Waals surface area contributed by atoms with E-state index in [0.29, 0.717) is 29.3 Å². The van der Waals surface area contributed by atoms with E-state index in [1.165, 1.54) is 0 Å². The van der Waals surface area contributed by atoms with Gasteiger partial charge in [0.15, 0.2) is 5.65 Å². The fraction of sp³-hybridized carbons (Fsp3) is 0.545. The molecule has 2 rings (SSSR count). The van der Waals surface area contributed by atoms with Crippen LogP contribution in [0.15, 0.2) is 6.20 Å². The highest BCUT2D eigenvalue weighted by Gasteiger charge is 2.24. The smallest absolute Gasteiger partial charge is 0.226 e. The van der Waals surface area contributed by atoms with E-state index < -0.39 is 5.54 Å². The summed E-state index contributed by atoms with van der Waals surface area (Å²) in [7, 11) is 0. The summed E-state index contributed by atoms with van der Waals surface area (Å²) in [5.74, 6) is 0.972. The molecule has 0 fully saturated rings. The van der Waals surface area contributed by atoms with Gasteiger partial charge in [-0.1, -0.05) is 0 Å². The third-order valence-electron chi connectivity index (χ3n) is 2.76. The Morgan fingerprint density at radius 3 is 2.68 bits per heavy atom. The molecule has 0 aliphatic heterocycles. The molecule has 2 aromatic heterocycles. The summed E-state index contributed by atoms with van der Waals surface area (Å²) >= 11 is 0. The first-order valence-corrected chi connectivity index (χ1v) is 6.07. The lowest BCUT2D eigenvalue weighted by Crippen LogP contribution is -2.42. The Balaban J connectivity index is 2.42. The number of nitrogens with zero attached hydrogens (tertiary/aromatic N) is 3. The largest absolute Gasteiger partial charge is 0.394 e. The van der Waals surface area contributed by atoms with Crippen molar-refractivity contribution < 1.29 is 10.2 Å². The Kier molecular flexibility index (Phi) is 3.82. The van der Waals surface area contributed by atoms with E-state index in [-0.39, 0.29) is 13.2 Å². The van der Waals surface area contributed by atoms with E-state index in [1.807, 2.05) is 6.92 Å². The molecule has 8 heteroatoms. The van der Waals surface area contributed by atoms with E-state index in [4.69, 9.17) is 0 Å². The lowest BCUT2D eigenvalue weighted by Gasteiger charge is -2.27. The van der Waals surface area contributed by atoms with Crippen LogP contribution in [0.2, 0.25) is 0 Å². The number of hydrogen-bond donors (Lipinski definition) is 5. The van der Waals surface area contributed by atoms with E-state index in [2.05, 4.69) is 30.8 Å². The third kappa shape index (κ3) is 2.74. The monoisotopic (exact) mass is 266 g/mol. The average Bonchev–Trinajstić information content (AvgIpc) is 2.87. The van der Waals surface area contributed by atoms with Gasteiger partial charge in [-0.15, -0.1) is 0 Å². The van der Waals surface area contributed by atoms with Gasteiger partial charge in [0.1, 0.15) is 5.82 Å². The molecule has 0 spiro atoms. The van der Waals surface area contributed by atoms with Crippen LogP contribution in [-0.2, 0) is 0 Å². The van der Waals surface area contributed by atoms with Gasteiger partial charge in [0.25, 0.3) is 0 Å². The highest BCUT2D eigenvalue weighted by atomic mass is 16.3. The number of anilines is 2. The first-order chi connectivity index (χ1) is 9.11. The summed E-state index contributed by atoms with van der Waals surface area (Å²) in [6.07, 6.45) is 1.60. The molecule has 19 heavy (non-hydrogen) atoms. The SMILES string of the molecule is CCNc1nc(NC(C)(CO)CO)c2cn[nH]c2n1. The van der Waals surface area contributed by atoms with Crippen LogP contribution in [-0.4, -0.2) is 55.7 Å². The van der Waals surface area contributed by atoms with Gasteiger partial charge in [0.05, 0.1) is 30.3 Å². The van der Waals surface area contributed by atoms with Gasteiger partial charge in [0, 0.05) is 6.54 Å². The van der Waals surface area contributed by atoms with E-state index in [9.17, 15) is 10.2 Å². The molecule has 2 heterocycles. The summed E-state index contributed by atoms with van der Waals surface area (Å²) in [6.45, 7) is 3.90. The van der Waals surface area contributed by atoms with Crippen molar-refractivity contribution in [3.05, 3.63) is 6.20 Å². The van der Waals surface area contributed by atoms with Crippen molar-refractivity contribution in [2.45, 2.75) is 19.4 Å². The molecular weight excluding hydrogens is 248 g/mol. The molecule has 8 nitrogen and oxygen atoms in total. The van der Waals surface area contributed by atoms with Crippen LogP contribution >= 0.6 is 0 Å². The minimum atomic E-state index is -0.859. The Hall–Kier alpha value is -1.93. The van der Waals surface area contributed by atoms with E-state index in [1.54, 1.807) is 13.1 Å². The predicted octanol–water partition coefficient (Wildman–Crippen LogP) is -0.0601. The predicted molar refractivity (Wildman–Crippen MR) is 72.0 cm³/mol. The quantitative estimate of drug-likeness (QED) is 0.497. The number of fused-ring (bicyclic) bond motifs is 1. The summed E-state index contributed by atoms with van der Waals surface area (Å²) in [6, 6.07) is 0. The number of aliphatic hydroxyl groups excluding tert-OH is 2. The second-order valence-corrected chi connectivity index (χ2v) is 4.56. The van der Waals surface area contributed by atoms with Crippen LogP contribution in [0.25, 0.3) is 11.0 Å². The van der Waals surface area contributed by atoms with Crippen molar-refractivity contribution in [1.29, 1.82) is 0 Å². The zero-order chi connectivity index (χ0) is 13.9. The fourth-order valence-corrected chi connectivity index (χ4v) is 1.58. The summed E-state index contributed by atoms with van der Waals surface area (Å²) in [4.78, 5) is 8.59. The highest BCUT2D eigenvalue weighted by molar-refractivity contribution is 5.87. The standard InChI is InChI=1S/C11H18N6O2/c1-3-12-10-14-8(16-11(2,5-18)6-19)7-4-13-17-9(7)15-10/h4,18-19H,3,5-6H2,1-2H3,(H3,12,13,14,15,16,17). The van der Waals surface area contributed by atoms with Gasteiger partial charge in [-0.3, -0.25) is 5.10 Å². The summed E-state index contributed by atoms with van der Waals surface area (Å²) in [5.41, 5.74) is -0.270. The lowest BCUT2D eigenvalue weighted by atomic mass is 10.1. The normalized spacial score (nSPS) is 11.8. The number of H-pyrrole nitrogens is 1. The van der Waals surface area contributed by atoms with Crippen LogP contribution in [0.5, 0.6) is 0 Å². The number of aromatic amines is 1. The Bertz CT molecular complexity index is 551. The van der Waals surface area contributed by atoms with E-state index in [0.717, 1.165) is 0 Å². The highest BCUT2D eigenvalue weighted by Crippen LogP contribution is 2.23. The molecule has 0 saturated heterocycles. The van der Waals surface area contributed by atoms with Crippen molar-refractivity contribution in [2.24, 2.45) is 0 Å². The molecule has 104 valence electrons. The zero-order valence-corrected chi connectivity index (χ0v) is 10.9. The van der Waals surface area contributed by atoms with Crippen molar-refractivity contribution in [3.8, 4) is 0 Å². The van der Waals surface area contributed by atoms with Crippen molar-refractivity contribution >= 4 is 22.8 Å². The Morgan fingerprint density at radius 2 is 2.05 bits per heavy atom. The molecule has 0 atom stereocenters. The second kappa shape index (κ2) is 5.37. The first-order valence-electron chi connectivity index (χ1n) is 6.07. The molecule has 0 radical (unpaired) electrons. The van der Waals surface area contributed by atoms with Crippen LogP contribution in [0.1, 0.15) is 13.8 Å². The van der Waals surface area contributed by atoms with Gasteiger partial charge in [0.2, 0.25) is 5.95 Å². The second-order valence-electron chi connectivity index (χ2n) is 4.56. The fourth-order valence-electron chi connectivity index (χ4n) is 1.58. The molecule has 0 amide bonds. The molecule has 0 aliphatic carbocycles. The minimum Gasteiger partial charge on any atom is -0.394 e. The summed E-state index contributed by atoms with van der Waals surface area (Å²) in [5, 5.41) is 32.1. The molecule has 0 unspecified atom stereocenters. The molecule has 0 saturated carbocycles. The topological polar surface area (TPSA) is 119 Å². The minimum absolute atomic E-state index is 0.219. The number of aliphatic hydroxyl groups is 2. The maximum absolute atomic E-state index is 9.34. The third-order valence-corrected chi connectivity index (χ3v) is 2.76. The van der Waals surface area contributed by atoms with Crippen molar-refractivity contribution in [2.75, 3.05) is 30.4 Å². The maximum atomic E-state index is 9.34. The van der Waals surface area contributed by atoms with Crippen LogP contribution < -0.4 is 10.6 Å². The molecule has 0 aliphatic rings. The van der Waals surface area contributed by atoms with Gasteiger partial charge in [-0.2, -0.15) is 15.1 Å². The molecular formula is C11H18N6O2. The Morgan fingerprint density at radius 1 is 1.32 bits per heavy atom. The molecule has 0 bridgehead atoms. The lowest BCUT2D eigenvalue weighted by molar-refractivity contribution is 0.147. The Labute approximate surface area is 110 Å². The number of aromatic nitrogens is 4. The van der Waals surface area contributed by atoms with Crippen LogP contribution in [0, 0.1) is 0 Å². The zero-order valence-electron chi connectivity index (χ0n) is 10.9. The van der Waals surface area contributed by atoms with Gasteiger partial charge >= 0.3 is 0 Å². The molecule has 2 aromatic rings. The van der Waals surface area contributed by atoms with Gasteiger partial charge in [-0.05, 0) is 13.8 Å². The van der Waals surface area contributed by atoms with Crippen molar-refractivity contribution in [3.63, 3.8) is 0 Å². The number of rotatable bonds is 6. The van der Waals surface area contributed by atoms with Crippen LogP contribution in [0.4, 0.5) is 11.8 Å². The van der Waals surface area contributed by atoms with Gasteiger partial charge in [-0.25, -0.2) is 0 Å². The van der Waals surface area contributed by atoms with Crippen molar-refractivity contribution in [1.82, 2.24) is 20.2 Å². The molecule has 0 aromatic carbocycles. The maximum Gasteiger partial charge on any atom is 0.226 e. The van der Waals surface area contributed by atoms with Crippen LogP contribution in [0.3, 0.4) is 0 Å². The number of hydrogen-bond acceptors (Lipinski definition) is 7. The molecule has 5 N–H and O–H groups in total. The average molecular weight is 266 g/mol.